The van der Waals surface area contributed by atoms with E-state index < -0.39 is 23.8 Å². The van der Waals surface area contributed by atoms with Crippen molar-refractivity contribution in [3.63, 3.8) is 0 Å². The second kappa shape index (κ2) is 4.12. The predicted molar refractivity (Wildman–Crippen MR) is 51.5 cm³/mol. The molecule has 15 heavy (non-hydrogen) atoms. The van der Waals surface area contributed by atoms with E-state index in [1.807, 2.05) is 0 Å². The van der Waals surface area contributed by atoms with Crippen LogP contribution in [0.2, 0.25) is 0 Å². The quantitative estimate of drug-likeness (QED) is 0.798. The highest BCUT2D eigenvalue weighted by atomic mass is 19.2. The average Bonchev–Trinajstić information content (AvgIpc) is 2.21. The summed E-state index contributed by atoms with van der Waals surface area (Å²) in [7, 11) is 1.22. The second-order valence-corrected chi connectivity index (χ2v) is 3.52. The molecule has 0 aliphatic rings. The van der Waals surface area contributed by atoms with Crippen molar-refractivity contribution in [3.05, 3.63) is 29.3 Å². The first-order valence-corrected chi connectivity index (χ1v) is 4.36. The zero-order valence-electron chi connectivity index (χ0n) is 8.55. The van der Waals surface area contributed by atoms with Crippen LogP contribution >= 0.6 is 0 Å². The van der Waals surface area contributed by atoms with E-state index in [2.05, 4.69) is 0 Å². The lowest BCUT2D eigenvalue weighted by atomic mass is 9.93. The molecule has 0 aliphatic carbocycles. The van der Waals surface area contributed by atoms with Crippen molar-refractivity contribution in [3.8, 4) is 5.75 Å². The van der Waals surface area contributed by atoms with Gasteiger partial charge < -0.3 is 15.6 Å². The van der Waals surface area contributed by atoms with Gasteiger partial charge in [0.05, 0.1) is 19.3 Å². The fourth-order valence-electron chi connectivity index (χ4n) is 1.27. The van der Waals surface area contributed by atoms with Crippen LogP contribution in [0.1, 0.15) is 12.5 Å². The fraction of sp³-hybridized carbons (Fsp3) is 0.400. The highest BCUT2D eigenvalue weighted by molar-refractivity contribution is 5.40. The van der Waals surface area contributed by atoms with Crippen LogP contribution in [0.3, 0.4) is 0 Å². The summed E-state index contributed by atoms with van der Waals surface area (Å²) in [6, 6.07) is 2.25. The zero-order chi connectivity index (χ0) is 11.6. The maximum absolute atomic E-state index is 13.3. The smallest absolute Gasteiger partial charge is 0.200 e. The van der Waals surface area contributed by atoms with Crippen LogP contribution in [0.15, 0.2) is 12.1 Å². The van der Waals surface area contributed by atoms with Gasteiger partial charge >= 0.3 is 0 Å². The molecule has 0 fully saturated rings. The molecular weight excluding hydrogens is 204 g/mol. The summed E-state index contributed by atoms with van der Waals surface area (Å²) in [4.78, 5) is 0. The lowest BCUT2D eigenvalue weighted by Gasteiger charge is -2.24. The minimum absolute atomic E-state index is 0.228. The maximum Gasteiger partial charge on any atom is 0.200 e. The first-order chi connectivity index (χ1) is 6.94. The third-order valence-electron chi connectivity index (χ3n) is 2.20. The molecular formula is C10H13F2NO2. The second-order valence-electron chi connectivity index (χ2n) is 3.52. The molecule has 1 rings (SSSR count). The summed E-state index contributed by atoms with van der Waals surface area (Å²) in [5.41, 5.74) is 4.77. The molecule has 1 aromatic rings. The Bertz CT molecular complexity index is 367. The standard InChI is InChI=1S/C10H13F2NO2/c1-10(13,5-14)6-3-4-7(11)8(12)9(6)15-2/h3-4,14H,5,13H2,1-2H3. The van der Waals surface area contributed by atoms with Crippen molar-refractivity contribution < 1.29 is 18.6 Å². The molecule has 0 aliphatic heterocycles. The minimum atomic E-state index is -1.17. The Hall–Kier alpha value is -1.20. The Labute approximate surface area is 86.5 Å². The van der Waals surface area contributed by atoms with E-state index >= 15 is 0 Å². The molecule has 0 saturated heterocycles. The van der Waals surface area contributed by atoms with Crippen LogP contribution < -0.4 is 10.5 Å². The molecule has 1 unspecified atom stereocenters. The highest BCUT2D eigenvalue weighted by Crippen LogP contribution is 2.31. The monoisotopic (exact) mass is 217 g/mol. The van der Waals surface area contributed by atoms with E-state index in [4.69, 9.17) is 15.6 Å². The van der Waals surface area contributed by atoms with E-state index in [1.165, 1.54) is 20.1 Å². The number of nitrogens with two attached hydrogens (primary N) is 1. The third-order valence-corrected chi connectivity index (χ3v) is 2.20. The average molecular weight is 217 g/mol. The topological polar surface area (TPSA) is 55.5 Å². The van der Waals surface area contributed by atoms with E-state index in [0.717, 1.165) is 6.07 Å². The van der Waals surface area contributed by atoms with Crippen molar-refractivity contribution in [2.75, 3.05) is 13.7 Å². The van der Waals surface area contributed by atoms with Crippen molar-refractivity contribution in [2.24, 2.45) is 5.73 Å². The minimum Gasteiger partial charge on any atom is -0.493 e. The first-order valence-electron chi connectivity index (χ1n) is 4.36. The number of ether oxygens (including phenoxy) is 1. The molecule has 0 heterocycles. The molecule has 5 heteroatoms. The molecule has 0 radical (unpaired) electrons. The summed E-state index contributed by atoms with van der Waals surface area (Å²) in [6.45, 7) is 1.11. The van der Waals surface area contributed by atoms with Crippen molar-refractivity contribution in [1.82, 2.24) is 0 Å². The Kier molecular flexibility index (Phi) is 3.26. The summed E-state index contributed by atoms with van der Waals surface area (Å²) < 4.78 is 30.9. The van der Waals surface area contributed by atoms with Gasteiger partial charge in [0.25, 0.3) is 0 Å². The van der Waals surface area contributed by atoms with Crippen LogP contribution in [-0.2, 0) is 5.54 Å². The molecule has 3 nitrogen and oxygen atoms in total. The predicted octanol–water partition coefficient (Wildman–Crippen LogP) is 1.14. The van der Waals surface area contributed by atoms with Gasteiger partial charge in [-0.05, 0) is 13.0 Å². The summed E-state index contributed by atoms with van der Waals surface area (Å²) in [5.74, 6) is -2.38. The molecule has 0 spiro atoms. The van der Waals surface area contributed by atoms with Gasteiger partial charge in [-0.1, -0.05) is 6.07 Å². The molecule has 84 valence electrons. The normalized spacial score (nSPS) is 14.8. The van der Waals surface area contributed by atoms with E-state index in [-0.39, 0.29) is 11.3 Å². The lowest BCUT2D eigenvalue weighted by molar-refractivity contribution is 0.205. The molecule has 1 atom stereocenters. The molecule has 3 N–H and O–H groups in total. The van der Waals surface area contributed by atoms with E-state index in [0.29, 0.717) is 0 Å². The number of methoxy groups -OCH3 is 1. The van der Waals surface area contributed by atoms with Gasteiger partial charge in [-0.2, -0.15) is 4.39 Å². The van der Waals surface area contributed by atoms with E-state index in [9.17, 15) is 8.78 Å². The number of hydrogen-bond donors (Lipinski definition) is 2. The Morgan fingerprint density at radius 3 is 2.53 bits per heavy atom. The van der Waals surface area contributed by atoms with Crippen LogP contribution in [0.4, 0.5) is 8.78 Å². The van der Waals surface area contributed by atoms with E-state index in [1.54, 1.807) is 0 Å². The van der Waals surface area contributed by atoms with Crippen LogP contribution in [0.25, 0.3) is 0 Å². The Morgan fingerprint density at radius 1 is 1.47 bits per heavy atom. The summed E-state index contributed by atoms with van der Waals surface area (Å²) in [6.07, 6.45) is 0. The highest BCUT2D eigenvalue weighted by Gasteiger charge is 2.27. The van der Waals surface area contributed by atoms with Crippen LogP contribution in [-0.4, -0.2) is 18.8 Å². The molecule has 1 aromatic carbocycles. The van der Waals surface area contributed by atoms with Crippen molar-refractivity contribution >= 4 is 0 Å². The van der Waals surface area contributed by atoms with Gasteiger partial charge in [0.15, 0.2) is 11.6 Å². The van der Waals surface area contributed by atoms with Gasteiger partial charge in [-0.25, -0.2) is 4.39 Å². The van der Waals surface area contributed by atoms with Gasteiger partial charge in [0.1, 0.15) is 0 Å². The molecule has 0 saturated carbocycles. The van der Waals surface area contributed by atoms with Gasteiger partial charge in [0.2, 0.25) is 5.82 Å². The molecule has 0 amide bonds. The van der Waals surface area contributed by atoms with Gasteiger partial charge in [0, 0.05) is 5.56 Å². The first kappa shape index (κ1) is 11.9. The number of aliphatic hydroxyl groups excluding tert-OH is 1. The van der Waals surface area contributed by atoms with Crippen LogP contribution in [0, 0.1) is 11.6 Å². The lowest BCUT2D eigenvalue weighted by Crippen LogP contribution is -2.37. The number of aliphatic hydroxyl groups is 1. The summed E-state index contributed by atoms with van der Waals surface area (Å²) >= 11 is 0. The van der Waals surface area contributed by atoms with Crippen LogP contribution in [0.5, 0.6) is 5.75 Å². The zero-order valence-corrected chi connectivity index (χ0v) is 8.55. The SMILES string of the molecule is COc1c(C(C)(N)CO)ccc(F)c1F. The van der Waals surface area contributed by atoms with Crippen molar-refractivity contribution in [1.29, 1.82) is 0 Å². The number of rotatable bonds is 3. The Morgan fingerprint density at radius 2 is 2.07 bits per heavy atom. The Balaban J connectivity index is 3.37. The van der Waals surface area contributed by atoms with Crippen molar-refractivity contribution in [2.45, 2.75) is 12.5 Å². The third kappa shape index (κ3) is 2.08. The molecule has 0 aromatic heterocycles. The maximum atomic E-state index is 13.3. The van der Waals surface area contributed by atoms with Gasteiger partial charge in [-0.15, -0.1) is 0 Å². The number of benzene rings is 1. The fourth-order valence-corrected chi connectivity index (χ4v) is 1.27. The largest absolute Gasteiger partial charge is 0.493 e. The molecule has 0 bridgehead atoms. The number of hydrogen-bond acceptors (Lipinski definition) is 3. The summed E-state index contributed by atoms with van der Waals surface area (Å²) in [5, 5.41) is 9.03. The van der Waals surface area contributed by atoms with Gasteiger partial charge in [-0.3, -0.25) is 0 Å². The number of halogens is 2.